The standard InChI is InChI=1S/C13H19NO4S/c1-10(15)11-3-2-4-13(9-11)19(17,18)14-7-5-12(16)6-8-14/h2-4,9-10,12,15-16H,5-8H2,1H3. The molecule has 2 rings (SSSR count). The van der Waals surface area contributed by atoms with Crippen molar-refractivity contribution in [3.8, 4) is 0 Å². The van der Waals surface area contributed by atoms with E-state index in [2.05, 4.69) is 0 Å². The molecule has 1 heterocycles. The number of benzene rings is 1. The Morgan fingerprint density at radius 1 is 1.32 bits per heavy atom. The average Bonchev–Trinajstić information content (AvgIpc) is 2.39. The van der Waals surface area contributed by atoms with Gasteiger partial charge in [-0.2, -0.15) is 4.31 Å². The van der Waals surface area contributed by atoms with Crippen LogP contribution in [0.25, 0.3) is 0 Å². The van der Waals surface area contributed by atoms with Crippen LogP contribution < -0.4 is 0 Å². The zero-order valence-corrected chi connectivity index (χ0v) is 11.7. The molecule has 0 aliphatic carbocycles. The first-order chi connectivity index (χ1) is 8.91. The van der Waals surface area contributed by atoms with Crippen molar-refractivity contribution in [2.24, 2.45) is 0 Å². The van der Waals surface area contributed by atoms with Crippen molar-refractivity contribution in [2.75, 3.05) is 13.1 Å². The van der Waals surface area contributed by atoms with Gasteiger partial charge in [0.1, 0.15) is 0 Å². The van der Waals surface area contributed by atoms with Crippen molar-refractivity contribution < 1.29 is 18.6 Å². The minimum Gasteiger partial charge on any atom is -0.393 e. The van der Waals surface area contributed by atoms with E-state index in [0.717, 1.165) is 0 Å². The van der Waals surface area contributed by atoms with Gasteiger partial charge < -0.3 is 10.2 Å². The summed E-state index contributed by atoms with van der Waals surface area (Å²) in [5.74, 6) is 0. The molecule has 0 radical (unpaired) electrons. The maximum Gasteiger partial charge on any atom is 0.243 e. The van der Waals surface area contributed by atoms with Gasteiger partial charge in [0, 0.05) is 13.1 Å². The van der Waals surface area contributed by atoms with Gasteiger partial charge in [-0.25, -0.2) is 8.42 Å². The van der Waals surface area contributed by atoms with Crippen LogP contribution in [0.5, 0.6) is 0 Å². The molecule has 0 bridgehead atoms. The van der Waals surface area contributed by atoms with Crippen LogP contribution in [-0.2, 0) is 10.0 Å². The van der Waals surface area contributed by atoms with Gasteiger partial charge in [-0.3, -0.25) is 0 Å². The van der Waals surface area contributed by atoms with Crippen LogP contribution >= 0.6 is 0 Å². The summed E-state index contributed by atoms with van der Waals surface area (Å²) < 4.78 is 26.3. The third-order valence-corrected chi connectivity index (χ3v) is 5.30. The number of nitrogens with zero attached hydrogens (tertiary/aromatic N) is 1. The molecule has 1 aromatic rings. The summed E-state index contributed by atoms with van der Waals surface area (Å²) in [7, 11) is -3.53. The van der Waals surface area contributed by atoms with Gasteiger partial charge in [0.05, 0.1) is 17.1 Å². The molecule has 0 saturated carbocycles. The van der Waals surface area contributed by atoms with Gasteiger partial charge in [-0.1, -0.05) is 12.1 Å². The van der Waals surface area contributed by atoms with E-state index >= 15 is 0 Å². The summed E-state index contributed by atoms with van der Waals surface area (Å²) in [6.45, 7) is 2.27. The van der Waals surface area contributed by atoms with Crippen molar-refractivity contribution in [1.82, 2.24) is 4.31 Å². The number of aliphatic hydroxyl groups excluding tert-OH is 2. The van der Waals surface area contributed by atoms with Crippen LogP contribution in [0.3, 0.4) is 0 Å². The maximum absolute atomic E-state index is 12.4. The topological polar surface area (TPSA) is 77.8 Å². The van der Waals surface area contributed by atoms with Gasteiger partial charge in [-0.05, 0) is 37.5 Å². The second-order valence-corrected chi connectivity index (χ2v) is 6.82. The van der Waals surface area contributed by atoms with Crippen LogP contribution in [0.1, 0.15) is 31.4 Å². The lowest BCUT2D eigenvalue weighted by atomic mass is 10.1. The lowest BCUT2D eigenvalue weighted by Gasteiger charge is -2.28. The summed E-state index contributed by atoms with van der Waals surface area (Å²) in [4.78, 5) is 0.197. The highest BCUT2D eigenvalue weighted by Crippen LogP contribution is 2.23. The van der Waals surface area contributed by atoms with Gasteiger partial charge in [0.2, 0.25) is 10.0 Å². The number of aliphatic hydroxyl groups is 2. The van der Waals surface area contributed by atoms with Crippen molar-refractivity contribution >= 4 is 10.0 Å². The molecule has 2 N–H and O–H groups in total. The minimum absolute atomic E-state index is 0.197. The van der Waals surface area contributed by atoms with Crippen molar-refractivity contribution in [1.29, 1.82) is 0 Å². The quantitative estimate of drug-likeness (QED) is 0.864. The molecule has 19 heavy (non-hydrogen) atoms. The Morgan fingerprint density at radius 2 is 1.95 bits per heavy atom. The number of sulfonamides is 1. The predicted octanol–water partition coefficient (Wildman–Crippen LogP) is 0.885. The Balaban J connectivity index is 2.26. The highest BCUT2D eigenvalue weighted by atomic mass is 32.2. The summed E-state index contributed by atoms with van der Waals surface area (Å²) >= 11 is 0. The molecular weight excluding hydrogens is 266 g/mol. The summed E-state index contributed by atoms with van der Waals surface area (Å²) in [5.41, 5.74) is 0.582. The highest BCUT2D eigenvalue weighted by Gasteiger charge is 2.28. The molecule has 1 aromatic carbocycles. The molecule has 1 aliphatic heterocycles. The molecule has 0 aromatic heterocycles. The second kappa shape index (κ2) is 5.58. The van der Waals surface area contributed by atoms with Crippen LogP contribution in [0, 0.1) is 0 Å². The van der Waals surface area contributed by atoms with E-state index in [4.69, 9.17) is 0 Å². The molecule has 1 atom stereocenters. The molecule has 1 saturated heterocycles. The molecule has 1 unspecified atom stereocenters. The first kappa shape index (κ1) is 14.5. The van der Waals surface area contributed by atoms with Gasteiger partial charge >= 0.3 is 0 Å². The molecule has 6 heteroatoms. The Morgan fingerprint density at radius 3 is 2.53 bits per heavy atom. The lowest BCUT2D eigenvalue weighted by Crippen LogP contribution is -2.40. The van der Waals surface area contributed by atoms with Gasteiger partial charge in [0.25, 0.3) is 0 Å². The van der Waals surface area contributed by atoms with E-state index < -0.39 is 22.2 Å². The smallest absolute Gasteiger partial charge is 0.243 e. The zero-order valence-electron chi connectivity index (χ0n) is 10.9. The Kier molecular flexibility index (Phi) is 4.25. The van der Waals surface area contributed by atoms with E-state index in [9.17, 15) is 18.6 Å². The molecule has 1 aliphatic rings. The van der Waals surface area contributed by atoms with E-state index in [1.165, 1.54) is 16.4 Å². The number of rotatable bonds is 3. The number of piperidine rings is 1. The minimum atomic E-state index is -3.53. The number of hydrogen-bond donors (Lipinski definition) is 2. The molecule has 1 fully saturated rings. The molecule has 0 amide bonds. The van der Waals surface area contributed by atoms with E-state index in [1.807, 2.05) is 0 Å². The largest absolute Gasteiger partial charge is 0.393 e. The Bertz CT molecular complexity index is 533. The average molecular weight is 285 g/mol. The van der Waals surface area contributed by atoms with Crippen molar-refractivity contribution in [3.05, 3.63) is 29.8 Å². The van der Waals surface area contributed by atoms with E-state index in [0.29, 0.717) is 31.5 Å². The summed E-state index contributed by atoms with van der Waals surface area (Å²) in [6, 6.07) is 6.37. The van der Waals surface area contributed by atoms with Gasteiger partial charge in [-0.15, -0.1) is 0 Å². The van der Waals surface area contributed by atoms with Crippen LogP contribution in [0.4, 0.5) is 0 Å². The normalized spacial score (nSPS) is 20.4. The fourth-order valence-corrected chi connectivity index (χ4v) is 3.69. The lowest BCUT2D eigenvalue weighted by molar-refractivity contribution is 0.113. The van der Waals surface area contributed by atoms with Gasteiger partial charge in [0.15, 0.2) is 0 Å². The molecule has 0 spiro atoms. The first-order valence-corrected chi connectivity index (χ1v) is 7.81. The molecule has 106 valence electrons. The Hall–Kier alpha value is -0.950. The zero-order chi connectivity index (χ0) is 14.0. The fraction of sp³-hybridized carbons (Fsp3) is 0.538. The first-order valence-electron chi connectivity index (χ1n) is 6.37. The molecular formula is C13H19NO4S. The van der Waals surface area contributed by atoms with Crippen LogP contribution in [0.2, 0.25) is 0 Å². The third-order valence-electron chi connectivity index (χ3n) is 3.40. The monoisotopic (exact) mass is 285 g/mol. The van der Waals surface area contributed by atoms with Crippen LogP contribution in [0.15, 0.2) is 29.2 Å². The Labute approximate surface area is 113 Å². The summed E-state index contributed by atoms with van der Waals surface area (Å²) in [5, 5.41) is 18.9. The second-order valence-electron chi connectivity index (χ2n) is 4.88. The third kappa shape index (κ3) is 3.14. The maximum atomic E-state index is 12.4. The number of hydrogen-bond acceptors (Lipinski definition) is 4. The van der Waals surface area contributed by atoms with Crippen LogP contribution in [-0.4, -0.2) is 42.1 Å². The fourth-order valence-electron chi connectivity index (χ4n) is 2.17. The van der Waals surface area contributed by atoms with E-state index in [-0.39, 0.29) is 4.90 Å². The predicted molar refractivity (Wildman–Crippen MR) is 71.1 cm³/mol. The highest BCUT2D eigenvalue weighted by molar-refractivity contribution is 7.89. The SMILES string of the molecule is CC(O)c1cccc(S(=O)(=O)N2CCC(O)CC2)c1. The molecule has 5 nitrogen and oxygen atoms in total. The van der Waals surface area contributed by atoms with Crippen molar-refractivity contribution in [3.63, 3.8) is 0 Å². The van der Waals surface area contributed by atoms with Crippen molar-refractivity contribution in [2.45, 2.75) is 36.9 Å². The van der Waals surface area contributed by atoms with E-state index in [1.54, 1.807) is 19.1 Å². The summed E-state index contributed by atoms with van der Waals surface area (Å²) in [6.07, 6.45) is -0.168.